The first-order chi connectivity index (χ1) is 15.0. The summed E-state index contributed by atoms with van der Waals surface area (Å²) in [6.45, 7) is 4.02. The first kappa shape index (κ1) is 22.6. The van der Waals surface area contributed by atoms with Gasteiger partial charge in [0.15, 0.2) is 0 Å². The van der Waals surface area contributed by atoms with Crippen LogP contribution in [0.3, 0.4) is 0 Å². The molecular weight excluding hydrogens is 416 g/mol. The van der Waals surface area contributed by atoms with Crippen molar-refractivity contribution >= 4 is 33.9 Å². The maximum atomic E-state index is 12.3. The maximum absolute atomic E-state index is 12.3. The first-order valence-electron chi connectivity index (χ1n) is 10.5. The van der Waals surface area contributed by atoms with Gasteiger partial charge < -0.3 is 10.1 Å². The Morgan fingerprint density at radius 1 is 1.13 bits per heavy atom. The molecule has 31 heavy (non-hydrogen) atoms. The summed E-state index contributed by atoms with van der Waals surface area (Å²) >= 11 is 1.37. The predicted octanol–water partition coefficient (Wildman–Crippen LogP) is 3.98. The average molecular weight is 443 g/mol. The van der Waals surface area contributed by atoms with E-state index in [0.29, 0.717) is 28.3 Å². The van der Waals surface area contributed by atoms with Crippen LogP contribution in [0, 0.1) is 0 Å². The minimum absolute atomic E-state index is 0.0501. The number of carbonyl (C=O) groups is 2. The van der Waals surface area contributed by atoms with Crippen LogP contribution in [0.4, 0.5) is 5.69 Å². The molecule has 0 fully saturated rings. The van der Waals surface area contributed by atoms with Crippen LogP contribution in [0.25, 0.3) is 4.96 Å². The van der Waals surface area contributed by atoms with E-state index in [9.17, 15) is 14.4 Å². The summed E-state index contributed by atoms with van der Waals surface area (Å²) in [4.78, 5) is 41.3. The van der Waals surface area contributed by atoms with Gasteiger partial charge in [-0.3, -0.25) is 9.59 Å². The van der Waals surface area contributed by atoms with E-state index in [2.05, 4.69) is 22.3 Å². The minimum atomic E-state index is -0.529. The molecule has 0 spiro atoms. The van der Waals surface area contributed by atoms with Gasteiger partial charge in [-0.15, -0.1) is 0 Å². The Morgan fingerprint density at radius 2 is 1.87 bits per heavy atom. The summed E-state index contributed by atoms with van der Waals surface area (Å²) < 4.78 is 6.60. The number of hydrogen-bond donors (Lipinski definition) is 1. The minimum Gasteiger partial charge on any atom is -0.456 e. The topological polar surface area (TPSA) is 103 Å². The number of hydrogen-bond acceptors (Lipinski definition) is 7. The molecule has 2 aromatic heterocycles. The van der Waals surface area contributed by atoms with E-state index in [-0.39, 0.29) is 18.1 Å². The van der Waals surface area contributed by atoms with E-state index >= 15 is 0 Å². The molecule has 1 aromatic carbocycles. The van der Waals surface area contributed by atoms with E-state index in [1.54, 1.807) is 24.3 Å². The quantitative estimate of drug-likeness (QED) is 0.477. The number of aromatic nitrogens is 3. The van der Waals surface area contributed by atoms with Gasteiger partial charge in [0.05, 0.1) is 11.3 Å². The number of benzene rings is 1. The van der Waals surface area contributed by atoms with Crippen LogP contribution in [0.5, 0.6) is 0 Å². The molecule has 2 heterocycles. The van der Waals surface area contributed by atoms with Crippen molar-refractivity contribution in [1.82, 2.24) is 14.6 Å². The standard InChI is InChI=1S/C22H26N4O4S/c1-3-5-7-18(27)23-16-11-9-15(10-12-16)21(29)30-14-17-13-20(28)26-22(24-17)31-19(25-26)8-6-4-2/h9-13H,3-8,14H2,1-2H3,(H,23,27). The van der Waals surface area contributed by atoms with Crippen molar-refractivity contribution in [2.75, 3.05) is 5.32 Å². The molecule has 0 aliphatic carbocycles. The Labute approximate surface area is 184 Å². The molecule has 164 valence electrons. The molecule has 0 saturated carbocycles. The number of amides is 1. The largest absolute Gasteiger partial charge is 0.456 e. The zero-order valence-corrected chi connectivity index (χ0v) is 18.5. The zero-order valence-electron chi connectivity index (χ0n) is 17.7. The van der Waals surface area contributed by atoms with Crippen LogP contribution in [-0.4, -0.2) is 26.5 Å². The summed E-state index contributed by atoms with van der Waals surface area (Å²) in [5.74, 6) is -0.579. The number of unbranched alkanes of at least 4 members (excludes halogenated alkanes) is 2. The zero-order chi connectivity index (χ0) is 22.2. The molecule has 0 aliphatic heterocycles. The predicted molar refractivity (Wildman–Crippen MR) is 119 cm³/mol. The molecule has 0 radical (unpaired) electrons. The molecule has 0 unspecified atom stereocenters. The van der Waals surface area contributed by atoms with Gasteiger partial charge in [-0.25, -0.2) is 9.78 Å². The van der Waals surface area contributed by atoms with Crippen molar-refractivity contribution in [3.63, 3.8) is 0 Å². The van der Waals surface area contributed by atoms with Crippen LogP contribution in [0.15, 0.2) is 35.1 Å². The number of nitrogens with one attached hydrogen (secondary N) is 1. The third-order valence-corrected chi connectivity index (χ3v) is 5.57. The summed E-state index contributed by atoms with van der Waals surface area (Å²) in [7, 11) is 0. The molecule has 0 saturated heterocycles. The molecule has 1 amide bonds. The van der Waals surface area contributed by atoms with E-state index in [4.69, 9.17) is 4.74 Å². The van der Waals surface area contributed by atoms with Gasteiger partial charge in [-0.2, -0.15) is 9.61 Å². The third-order valence-electron chi connectivity index (χ3n) is 4.60. The lowest BCUT2D eigenvalue weighted by Crippen LogP contribution is -2.16. The second-order valence-corrected chi connectivity index (χ2v) is 8.23. The van der Waals surface area contributed by atoms with Gasteiger partial charge in [0.2, 0.25) is 10.9 Å². The first-order valence-corrected chi connectivity index (χ1v) is 11.3. The molecule has 9 heteroatoms. The van der Waals surface area contributed by atoms with Crippen molar-refractivity contribution < 1.29 is 14.3 Å². The lowest BCUT2D eigenvalue weighted by Gasteiger charge is -2.07. The fraction of sp³-hybridized carbons (Fsp3) is 0.409. The van der Waals surface area contributed by atoms with Crippen molar-refractivity contribution in [2.24, 2.45) is 0 Å². The fourth-order valence-corrected chi connectivity index (χ4v) is 3.83. The maximum Gasteiger partial charge on any atom is 0.338 e. The highest BCUT2D eigenvalue weighted by atomic mass is 32.1. The Bertz CT molecular complexity index is 1100. The van der Waals surface area contributed by atoms with Gasteiger partial charge in [-0.1, -0.05) is 38.0 Å². The summed E-state index contributed by atoms with van der Waals surface area (Å²) in [5.41, 5.74) is 1.06. The van der Waals surface area contributed by atoms with E-state index in [1.165, 1.54) is 21.9 Å². The molecule has 3 aromatic rings. The van der Waals surface area contributed by atoms with Gasteiger partial charge in [0, 0.05) is 24.6 Å². The van der Waals surface area contributed by atoms with Crippen LogP contribution in [-0.2, 0) is 22.6 Å². The molecule has 0 bridgehead atoms. The third kappa shape index (κ3) is 6.21. The van der Waals surface area contributed by atoms with E-state index in [0.717, 1.165) is 37.1 Å². The SMILES string of the molecule is CCCCC(=O)Nc1ccc(C(=O)OCc2cc(=O)n3nc(CCCC)sc3n2)cc1. The number of anilines is 1. The van der Waals surface area contributed by atoms with Crippen LogP contribution >= 0.6 is 11.3 Å². The Balaban J connectivity index is 1.60. The number of rotatable bonds is 10. The smallest absolute Gasteiger partial charge is 0.338 e. The summed E-state index contributed by atoms with van der Waals surface area (Å²) in [6, 6.07) is 7.83. The number of carbonyl (C=O) groups excluding carboxylic acids is 2. The van der Waals surface area contributed by atoms with Crippen molar-refractivity contribution in [3.8, 4) is 0 Å². The van der Waals surface area contributed by atoms with Crippen LogP contribution in [0.2, 0.25) is 0 Å². The van der Waals surface area contributed by atoms with Gasteiger partial charge in [-0.05, 0) is 37.1 Å². The monoisotopic (exact) mass is 442 g/mol. The van der Waals surface area contributed by atoms with Crippen molar-refractivity contribution in [2.45, 2.75) is 59.0 Å². The summed E-state index contributed by atoms with van der Waals surface area (Å²) in [5, 5.41) is 7.96. The van der Waals surface area contributed by atoms with Crippen LogP contribution < -0.4 is 10.9 Å². The number of esters is 1. The van der Waals surface area contributed by atoms with Gasteiger partial charge in [0.25, 0.3) is 5.56 Å². The van der Waals surface area contributed by atoms with Gasteiger partial charge in [0.1, 0.15) is 11.6 Å². The number of fused-ring (bicyclic) bond motifs is 1. The molecule has 1 N–H and O–H groups in total. The van der Waals surface area contributed by atoms with E-state index in [1.807, 2.05) is 6.92 Å². The van der Waals surface area contributed by atoms with Crippen LogP contribution in [0.1, 0.15) is 67.0 Å². The lowest BCUT2D eigenvalue weighted by molar-refractivity contribution is -0.116. The molecule has 0 aliphatic rings. The van der Waals surface area contributed by atoms with Gasteiger partial charge >= 0.3 is 5.97 Å². The number of aryl methyl sites for hydroxylation is 1. The molecule has 0 atom stereocenters. The highest BCUT2D eigenvalue weighted by molar-refractivity contribution is 7.16. The number of ether oxygens (including phenoxy) is 1. The average Bonchev–Trinajstić information content (AvgIpc) is 3.18. The highest BCUT2D eigenvalue weighted by Gasteiger charge is 2.12. The van der Waals surface area contributed by atoms with E-state index < -0.39 is 5.97 Å². The molecule has 8 nitrogen and oxygen atoms in total. The lowest BCUT2D eigenvalue weighted by atomic mass is 10.2. The number of nitrogens with zero attached hydrogens (tertiary/aromatic N) is 3. The Morgan fingerprint density at radius 3 is 2.58 bits per heavy atom. The Hall–Kier alpha value is -3.07. The second kappa shape index (κ2) is 10.8. The Kier molecular flexibility index (Phi) is 7.88. The second-order valence-electron chi connectivity index (χ2n) is 7.18. The molecular formula is C22H26N4O4S. The molecule has 3 rings (SSSR count). The highest BCUT2D eigenvalue weighted by Crippen LogP contribution is 2.15. The fourth-order valence-electron chi connectivity index (χ4n) is 2.87. The normalized spacial score (nSPS) is 10.9. The van der Waals surface area contributed by atoms with Crippen molar-refractivity contribution in [3.05, 3.63) is 57.0 Å². The van der Waals surface area contributed by atoms with Crippen molar-refractivity contribution in [1.29, 1.82) is 0 Å². The summed E-state index contributed by atoms with van der Waals surface area (Å²) in [6.07, 6.45) is 5.11.